The Morgan fingerprint density at radius 2 is 1.82 bits per heavy atom. The summed E-state index contributed by atoms with van der Waals surface area (Å²) < 4.78 is 0. The van der Waals surface area contributed by atoms with Crippen molar-refractivity contribution in [1.29, 1.82) is 0 Å². The van der Waals surface area contributed by atoms with Crippen molar-refractivity contribution >= 4 is 57.5 Å². The average molecular weight is 483 g/mol. The lowest BCUT2D eigenvalue weighted by Gasteiger charge is -2.19. The Morgan fingerprint density at radius 1 is 1.03 bits per heavy atom. The molecule has 0 fully saturated rings. The third-order valence-corrected chi connectivity index (χ3v) is 5.81. The van der Waals surface area contributed by atoms with E-state index in [9.17, 15) is 10.0 Å². The van der Waals surface area contributed by atoms with Crippen molar-refractivity contribution in [3.8, 4) is 0 Å². The van der Waals surface area contributed by atoms with E-state index >= 15 is 0 Å². The topological polar surface area (TPSA) is 120 Å². The number of amides is 1. The van der Waals surface area contributed by atoms with Crippen LogP contribution in [0.5, 0.6) is 0 Å². The number of para-hydroxylation sites is 1. The van der Waals surface area contributed by atoms with E-state index in [1.54, 1.807) is 30.3 Å². The number of nitrogens with one attached hydrogen (secondary N) is 2. The number of hydrogen-bond acceptors (Lipinski definition) is 6. The largest absolute Gasteiger partial charge is 0.594 e. The van der Waals surface area contributed by atoms with Gasteiger partial charge in [0.1, 0.15) is 5.52 Å². The number of carbonyl (C=O) groups excluding carboxylic acids is 1. The molecule has 1 atom stereocenters. The Labute approximate surface area is 199 Å². The van der Waals surface area contributed by atoms with Gasteiger partial charge in [0.25, 0.3) is 11.5 Å². The molecule has 3 aromatic carbocycles. The van der Waals surface area contributed by atoms with Crippen molar-refractivity contribution < 1.29 is 9.64 Å². The molecule has 1 aromatic heterocycles. The van der Waals surface area contributed by atoms with Crippen molar-refractivity contribution in [2.24, 2.45) is 0 Å². The second-order valence-corrected chi connectivity index (χ2v) is 8.16. The summed E-state index contributed by atoms with van der Waals surface area (Å²) >= 11 is 12.3. The number of benzene rings is 3. The summed E-state index contributed by atoms with van der Waals surface area (Å²) in [6, 6.07) is 19.6. The molecule has 0 bridgehead atoms. The minimum atomic E-state index is -0.508. The van der Waals surface area contributed by atoms with Crippen LogP contribution in [0.3, 0.4) is 0 Å². The van der Waals surface area contributed by atoms with Crippen LogP contribution in [0.2, 0.25) is 10.0 Å². The number of nitrogens with two attached hydrogens (primary N) is 1. The third-order valence-electron chi connectivity index (χ3n) is 5.08. The van der Waals surface area contributed by atoms with Gasteiger partial charge in [-0.15, -0.1) is 0 Å². The van der Waals surface area contributed by atoms with Gasteiger partial charge in [0.15, 0.2) is 0 Å². The van der Waals surface area contributed by atoms with Gasteiger partial charge in [0.05, 0.1) is 21.1 Å². The van der Waals surface area contributed by atoms with Gasteiger partial charge in [-0.1, -0.05) is 47.5 Å². The molecule has 4 aromatic rings. The van der Waals surface area contributed by atoms with Gasteiger partial charge in [-0.3, -0.25) is 4.79 Å². The van der Waals surface area contributed by atoms with Crippen LogP contribution < -0.4 is 21.2 Å². The lowest BCUT2D eigenvalue weighted by atomic mass is 9.94. The third kappa shape index (κ3) is 5.42. The Morgan fingerprint density at radius 3 is 2.58 bits per heavy atom. The standard InChI is InChI=1S/C23H20Cl2N6O2/c24-18-8-6-14(12-19(18)25)17(10-11-27-15-4-2-1-3-5-15)22(32)28-16-7-9-21-20(13-16)29-23(26)30-31(21)33/h1-9,12-13,17,27H,10-11H2,(H,28,32)(H2,26,29,30). The monoisotopic (exact) mass is 482 g/mol. The molecule has 8 nitrogen and oxygen atoms in total. The predicted octanol–water partition coefficient (Wildman–Crippen LogP) is 4.38. The number of hydrogen-bond donors (Lipinski definition) is 3. The van der Waals surface area contributed by atoms with E-state index in [1.807, 2.05) is 30.3 Å². The molecule has 0 aliphatic rings. The predicted molar refractivity (Wildman–Crippen MR) is 130 cm³/mol. The van der Waals surface area contributed by atoms with Crippen LogP contribution in [0.25, 0.3) is 11.0 Å². The van der Waals surface area contributed by atoms with E-state index in [0.717, 1.165) is 11.3 Å². The number of fused-ring (bicyclic) bond motifs is 1. The zero-order valence-electron chi connectivity index (χ0n) is 17.3. The number of halogens is 2. The number of carbonyl (C=O) groups is 1. The molecule has 10 heteroatoms. The van der Waals surface area contributed by atoms with Crippen LogP contribution >= 0.6 is 23.2 Å². The van der Waals surface area contributed by atoms with E-state index < -0.39 is 5.92 Å². The molecule has 1 unspecified atom stereocenters. The van der Waals surface area contributed by atoms with Crippen molar-refractivity contribution in [2.75, 3.05) is 22.9 Å². The Hall–Kier alpha value is -3.62. The van der Waals surface area contributed by atoms with E-state index in [-0.39, 0.29) is 17.4 Å². The molecule has 1 amide bonds. The SMILES string of the molecule is Nc1nc2cc(NC(=O)C(CCNc3ccccc3)c3ccc(Cl)c(Cl)c3)ccc2[n+]([O-])n1. The quantitative estimate of drug-likeness (QED) is 0.265. The van der Waals surface area contributed by atoms with Crippen molar-refractivity contribution in [3.63, 3.8) is 0 Å². The summed E-state index contributed by atoms with van der Waals surface area (Å²) in [6.07, 6.45) is 0.502. The fourth-order valence-corrected chi connectivity index (χ4v) is 3.78. The second kappa shape index (κ2) is 9.89. The summed E-state index contributed by atoms with van der Waals surface area (Å²) in [5, 5.41) is 22.4. The van der Waals surface area contributed by atoms with E-state index in [4.69, 9.17) is 28.9 Å². The highest BCUT2D eigenvalue weighted by Crippen LogP contribution is 2.29. The fraction of sp³-hybridized carbons (Fsp3) is 0.130. The molecule has 0 saturated carbocycles. The van der Waals surface area contributed by atoms with Gasteiger partial charge in [-0.25, -0.2) is 4.98 Å². The van der Waals surface area contributed by atoms with Crippen LogP contribution in [0.15, 0.2) is 66.7 Å². The number of anilines is 3. The van der Waals surface area contributed by atoms with Gasteiger partial charge >= 0.3 is 0 Å². The molecule has 0 radical (unpaired) electrons. The molecule has 168 valence electrons. The highest BCUT2D eigenvalue weighted by Gasteiger charge is 2.22. The molecule has 33 heavy (non-hydrogen) atoms. The van der Waals surface area contributed by atoms with Gasteiger partial charge in [0, 0.05) is 24.0 Å². The van der Waals surface area contributed by atoms with E-state index in [0.29, 0.717) is 39.1 Å². The van der Waals surface area contributed by atoms with Crippen LogP contribution in [0, 0.1) is 5.21 Å². The average Bonchev–Trinajstić information content (AvgIpc) is 2.79. The number of rotatable bonds is 7. The fourth-order valence-electron chi connectivity index (χ4n) is 3.47. The minimum absolute atomic E-state index is 0.151. The van der Waals surface area contributed by atoms with Crippen molar-refractivity contribution in [2.45, 2.75) is 12.3 Å². The Balaban J connectivity index is 1.56. The molecule has 4 rings (SSSR count). The normalized spacial score (nSPS) is 11.8. The second-order valence-electron chi connectivity index (χ2n) is 7.34. The van der Waals surface area contributed by atoms with Crippen LogP contribution in [0.4, 0.5) is 17.3 Å². The highest BCUT2D eigenvalue weighted by atomic mass is 35.5. The van der Waals surface area contributed by atoms with Gasteiger partial charge in [-0.05, 0) is 53.2 Å². The molecule has 0 spiro atoms. The summed E-state index contributed by atoms with van der Waals surface area (Å²) in [5.41, 5.74) is 8.32. The van der Waals surface area contributed by atoms with Crippen LogP contribution in [0.1, 0.15) is 17.9 Å². The first-order valence-electron chi connectivity index (χ1n) is 10.1. The Bertz CT molecular complexity index is 1300. The molecule has 4 N–H and O–H groups in total. The van der Waals surface area contributed by atoms with Gasteiger partial charge < -0.3 is 21.6 Å². The molecule has 1 heterocycles. The zero-order chi connectivity index (χ0) is 23.4. The minimum Gasteiger partial charge on any atom is -0.594 e. The van der Waals surface area contributed by atoms with Crippen molar-refractivity contribution in [3.05, 3.63) is 87.5 Å². The van der Waals surface area contributed by atoms with Crippen LogP contribution in [-0.4, -0.2) is 22.5 Å². The van der Waals surface area contributed by atoms with Gasteiger partial charge in [-0.2, -0.15) is 0 Å². The lowest BCUT2D eigenvalue weighted by molar-refractivity contribution is -0.641. The molecule has 0 aliphatic heterocycles. The maximum atomic E-state index is 13.3. The first-order chi connectivity index (χ1) is 15.9. The highest BCUT2D eigenvalue weighted by molar-refractivity contribution is 6.42. The summed E-state index contributed by atoms with van der Waals surface area (Å²) in [6.45, 7) is 0.556. The number of nitrogens with zero attached hydrogens (tertiary/aromatic N) is 3. The summed E-state index contributed by atoms with van der Waals surface area (Å²) in [7, 11) is 0. The smallest absolute Gasteiger partial charge is 0.288 e. The maximum Gasteiger partial charge on any atom is 0.288 e. The van der Waals surface area contributed by atoms with Crippen LogP contribution in [-0.2, 0) is 4.79 Å². The number of aromatic nitrogens is 3. The van der Waals surface area contributed by atoms with E-state index in [1.165, 1.54) is 6.07 Å². The summed E-state index contributed by atoms with van der Waals surface area (Å²) in [5.74, 6) is -0.895. The van der Waals surface area contributed by atoms with Crippen molar-refractivity contribution in [1.82, 2.24) is 10.1 Å². The molecule has 0 saturated heterocycles. The maximum absolute atomic E-state index is 13.3. The Kier molecular flexibility index (Phi) is 6.76. The zero-order valence-corrected chi connectivity index (χ0v) is 18.8. The first-order valence-corrected chi connectivity index (χ1v) is 10.9. The van der Waals surface area contributed by atoms with Gasteiger partial charge in [0.2, 0.25) is 5.91 Å². The van der Waals surface area contributed by atoms with E-state index in [2.05, 4.69) is 20.7 Å². The first kappa shape index (κ1) is 22.6. The summed E-state index contributed by atoms with van der Waals surface area (Å²) in [4.78, 5) is 17.7. The molecular formula is C23H20Cl2N6O2. The molecular weight excluding hydrogens is 463 g/mol. The molecule has 0 aliphatic carbocycles. The lowest BCUT2D eigenvalue weighted by Crippen LogP contribution is -2.33. The number of nitrogen functional groups attached to an aromatic ring is 1.